The van der Waals surface area contributed by atoms with Crippen molar-refractivity contribution >= 4 is 78.8 Å². The third-order valence-corrected chi connectivity index (χ3v) is 17.6. The number of fused-ring (bicyclic) bond motifs is 6. The van der Waals surface area contributed by atoms with Crippen LogP contribution in [0.25, 0.3) is 99.4 Å². The summed E-state index contributed by atoms with van der Waals surface area (Å²) in [5.41, 5.74) is 20.0. The van der Waals surface area contributed by atoms with E-state index < -0.39 is 48.4 Å². The van der Waals surface area contributed by atoms with Crippen LogP contribution in [0.3, 0.4) is 0 Å². The molecule has 2 aliphatic rings. The van der Waals surface area contributed by atoms with Crippen molar-refractivity contribution in [2.24, 2.45) is 0 Å². The first-order valence-corrected chi connectivity index (χ1v) is 29.6. The van der Waals surface area contributed by atoms with Gasteiger partial charge in [0.2, 0.25) is 0 Å². The standard InChI is InChI=1S/C84H61BN2/c1-84(2,3)64-54-77-81-78(55-64)87(83-67(59-34-16-7-17-35-59)46-27-47-68(83)60-36-18-8-19-37-60)76-53-63(80-71-42-24-22-40-69(71)79(61-38-20-9-21-39-61)70-41-23-25-43-72(70)80)48-50-73(76)85(81)74-52-62(56-28-10-4-11-29-56)49-51-75(74)86(77)82-65(57-30-12-5-13-31-57)44-26-45-66(82)58-32-14-6-15-33-58/h4-55H,1-3H3/i4D,9D,10D,11D,20D,21D,28D,29D,38D,39D. The van der Waals surface area contributed by atoms with Crippen LogP contribution in [0.1, 0.15) is 40.0 Å². The number of nitrogens with zero attached hydrogens (tertiary/aromatic N) is 2. The Bertz CT molecular complexity index is 5350. The molecule has 410 valence electrons. The monoisotopic (exact) mass is 1120 g/mol. The Hall–Kier alpha value is -10.7. The van der Waals surface area contributed by atoms with Gasteiger partial charge in [-0.25, -0.2) is 0 Å². The molecule has 0 N–H and O–H groups in total. The maximum Gasteiger partial charge on any atom is 0.252 e. The van der Waals surface area contributed by atoms with E-state index in [1.165, 1.54) is 0 Å². The zero-order valence-electron chi connectivity index (χ0n) is 58.2. The molecule has 0 saturated carbocycles. The van der Waals surface area contributed by atoms with Crippen LogP contribution < -0.4 is 26.2 Å². The van der Waals surface area contributed by atoms with Gasteiger partial charge in [-0.1, -0.05) is 312 Å². The van der Waals surface area contributed by atoms with Crippen molar-refractivity contribution in [3.8, 4) is 77.9 Å². The van der Waals surface area contributed by atoms with Crippen LogP contribution in [0, 0.1) is 0 Å². The van der Waals surface area contributed by atoms with E-state index in [1.54, 1.807) is 0 Å². The normalized spacial score (nSPS) is 14.1. The number of benzene rings is 14. The minimum Gasteiger partial charge on any atom is -0.310 e. The molecule has 0 saturated heterocycles. The van der Waals surface area contributed by atoms with Crippen molar-refractivity contribution < 1.29 is 13.7 Å². The average molecular weight is 1120 g/mol. The molecule has 0 radical (unpaired) electrons. The lowest BCUT2D eigenvalue weighted by Crippen LogP contribution is -2.61. The maximum absolute atomic E-state index is 9.49. The largest absolute Gasteiger partial charge is 0.310 e. The molecule has 2 nitrogen and oxygen atoms in total. The molecule has 2 heterocycles. The lowest BCUT2D eigenvalue weighted by Gasteiger charge is -2.46. The molecule has 0 spiro atoms. The number of rotatable bonds is 9. The van der Waals surface area contributed by atoms with Gasteiger partial charge in [0.1, 0.15) is 0 Å². The molecule has 3 heteroatoms. The second-order valence-electron chi connectivity index (χ2n) is 23.5. The molecule has 87 heavy (non-hydrogen) atoms. The Morgan fingerprint density at radius 1 is 0.299 bits per heavy atom. The van der Waals surface area contributed by atoms with E-state index in [4.69, 9.17) is 8.22 Å². The predicted molar refractivity (Wildman–Crippen MR) is 372 cm³/mol. The van der Waals surface area contributed by atoms with Crippen molar-refractivity contribution in [3.05, 3.63) is 321 Å². The Morgan fingerprint density at radius 2 is 0.690 bits per heavy atom. The SMILES string of the molecule is [2H]c1c([2H])c([2H])c(-c2ccc3c(c2)B2c4ccc(-c5c6ccccc6c(-c6c([2H])c([2H])c([2H])c([2H])c6[2H])c6ccccc56)cc4N(c4c(-c5ccccc5)cccc4-c4ccccc4)c4cc(C(C)(C)C)cc(c42)N3c2c(-c3ccccc3)cccc2-c2ccccc2)c([2H])c1[2H]. The van der Waals surface area contributed by atoms with E-state index in [2.05, 4.69) is 219 Å². The summed E-state index contributed by atoms with van der Waals surface area (Å²) in [7, 11) is 0. The smallest absolute Gasteiger partial charge is 0.252 e. The maximum atomic E-state index is 9.49. The third kappa shape index (κ3) is 8.72. The first kappa shape index (κ1) is 42.1. The highest BCUT2D eigenvalue weighted by Gasteiger charge is 2.46. The van der Waals surface area contributed by atoms with Crippen LogP contribution in [0.15, 0.2) is 315 Å². The van der Waals surface area contributed by atoms with Crippen molar-refractivity contribution in [2.45, 2.75) is 26.2 Å². The van der Waals surface area contributed by atoms with Crippen molar-refractivity contribution in [1.82, 2.24) is 0 Å². The zero-order valence-corrected chi connectivity index (χ0v) is 48.2. The van der Waals surface area contributed by atoms with Gasteiger partial charge in [0, 0.05) is 45.0 Å². The van der Waals surface area contributed by atoms with Crippen LogP contribution >= 0.6 is 0 Å². The fraction of sp³-hybridized carbons (Fsp3) is 0.0476. The van der Waals surface area contributed by atoms with Crippen LogP contribution in [-0.4, -0.2) is 6.71 Å². The molecular formula is C84H61BN2. The molecule has 14 aromatic rings. The van der Waals surface area contributed by atoms with Crippen LogP contribution in [0.2, 0.25) is 0 Å². The molecular weight excluding hydrogens is 1050 g/mol. The van der Waals surface area contributed by atoms with Crippen molar-refractivity contribution in [3.63, 3.8) is 0 Å². The average Bonchev–Trinajstić information content (AvgIpc) is 0.688. The van der Waals surface area contributed by atoms with Crippen molar-refractivity contribution in [1.29, 1.82) is 0 Å². The highest BCUT2D eigenvalue weighted by molar-refractivity contribution is 7.00. The van der Waals surface area contributed by atoms with Gasteiger partial charge in [0.05, 0.1) is 25.1 Å². The topological polar surface area (TPSA) is 6.48 Å². The summed E-state index contributed by atoms with van der Waals surface area (Å²) in [6, 6.07) is 84.9. The first-order chi connectivity index (χ1) is 47.0. The first-order valence-electron chi connectivity index (χ1n) is 34.6. The summed E-state index contributed by atoms with van der Waals surface area (Å²) < 4.78 is 90.8. The van der Waals surface area contributed by atoms with E-state index in [0.717, 1.165) is 133 Å². The second-order valence-corrected chi connectivity index (χ2v) is 23.5. The zero-order chi connectivity index (χ0) is 66.9. The highest BCUT2D eigenvalue weighted by atomic mass is 15.2. The van der Waals surface area contributed by atoms with Gasteiger partial charge in [0.25, 0.3) is 6.71 Å². The molecule has 16 rings (SSSR count). The molecule has 0 aliphatic carbocycles. The fourth-order valence-electron chi connectivity index (χ4n) is 13.7. The predicted octanol–water partition coefficient (Wildman–Crippen LogP) is 21.0. The number of anilines is 6. The number of hydrogen-bond donors (Lipinski definition) is 0. The Balaban J connectivity index is 1.09. The van der Waals surface area contributed by atoms with Crippen LogP contribution in [-0.2, 0) is 5.41 Å². The highest BCUT2D eigenvalue weighted by Crippen LogP contribution is 2.55. The van der Waals surface area contributed by atoms with E-state index in [0.29, 0.717) is 11.1 Å². The molecule has 0 aromatic heterocycles. The number of hydrogen-bond acceptors (Lipinski definition) is 2. The van der Waals surface area contributed by atoms with Crippen molar-refractivity contribution in [2.75, 3.05) is 9.80 Å². The minimum absolute atomic E-state index is 0.104. The summed E-state index contributed by atoms with van der Waals surface area (Å²) in [4.78, 5) is 4.92. The molecule has 0 unspecified atom stereocenters. The lowest BCUT2D eigenvalue weighted by molar-refractivity contribution is 0.590. The van der Waals surface area contributed by atoms with E-state index in [1.807, 2.05) is 66.7 Å². The molecule has 0 bridgehead atoms. The summed E-state index contributed by atoms with van der Waals surface area (Å²) in [6.45, 7) is 6.23. The second kappa shape index (κ2) is 21.1. The molecule has 0 amide bonds. The summed E-state index contributed by atoms with van der Waals surface area (Å²) in [5.74, 6) is 0. The summed E-state index contributed by atoms with van der Waals surface area (Å²) >= 11 is 0. The number of para-hydroxylation sites is 2. The Kier molecular flexibility index (Phi) is 10.2. The third-order valence-electron chi connectivity index (χ3n) is 17.6. The van der Waals surface area contributed by atoms with E-state index in [-0.39, 0.29) is 35.3 Å². The van der Waals surface area contributed by atoms with Gasteiger partial charge in [-0.05, 0) is 129 Å². The lowest BCUT2D eigenvalue weighted by atomic mass is 9.33. The Morgan fingerprint density at radius 3 is 1.13 bits per heavy atom. The molecule has 14 aromatic carbocycles. The van der Waals surface area contributed by atoms with Gasteiger partial charge in [-0.3, -0.25) is 0 Å². The summed E-state index contributed by atoms with van der Waals surface area (Å²) in [6.07, 6.45) is 0. The van der Waals surface area contributed by atoms with Gasteiger partial charge in [0.15, 0.2) is 0 Å². The van der Waals surface area contributed by atoms with Gasteiger partial charge in [-0.2, -0.15) is 0 Å². The van der Waals surface area contributed by atoms with Gasteiger partial charge < -0.3 is 9.80 Å². The molecule has 0 atom stereocenters. The van der Waals surface area contributed by atoms with Crippen LogP contribution in [0.4, 0.5) is 34.1 Å². The fourth-order valence-corrected chi connectivity index (χ4v) is 13.7. The van der Waals surface area contributed by atoms with E-state index in [9.17, 15) is 5.48 Å². The summed E-state index contributed by atoms with van der Waals surface area (Å²) in [5, 5.41) is 3.10. The quantitative estimate of drug-likeness (QED) is 0.105. The minimum atomic E-state index is -0.552. The van der Waals surface area contributed by atoms with Crippen LogP contribution in [0.5, 0.6) is 0 Å². The Labute approximate surface area is 524 Å². The van der Waals surface area contributed by atoms with E-state index >= 15 is 0 Å². The molecule has 2 aliphatic heterocycles. The van der Waals surface area contributed by atoms with Gasteiger partial charge >= 0.3 is 0 Å². The van der Waals surface area contributed by atoms with Gasteiger partial charge in [-0.15, -0.1) is 0 Å². The molecule has 0 fully saturated rings.